The van der Waals surface area contributed by atoms with Gasteiger partial charge in [0.15, 0.2) is 11.6 Å². The van der Waals surface area contributed by atoms with E-state index in [0.29, 0.717) is 40.3 Å². The zero-order valence-corrected chi connectivity index (χ0v) is 19.5. The highest BCUT2D eigenvalue weighted by atomic mass is 35.5. The van der Waals surface area contributed by atoms with Crippen molar-refractivity contribution in [1.82, 2.24) is 14.9 Å². The van der Waals surface area contributed by atoms with E-state index in [9.17, 15) is 13.6 Å². The van der Waals surface area contributed by atoms with Crippen molar-refractivity contribution in [3.05, 3.63) is 65.0 Å². The molecule has 0 atom stereocenters. The van der Waals surface area contributed by atoms with E-state index in [1.807, 2.05) is 0 Å². The Morgan fingerprint density at radius 2 is 2.00 bits per heavy atom. The molecule has 34 heavy (non-hydrogen) atoms. The summed E-state index contributed by atoms with van der Waals surface area (Å²) in [6.45, 7) is 2.27. The molecule has 1 N–H and O–H groups in total. The fourth-order valence-electron chi connectivity index (χ4n) is 3.99. The fraction of sp³-hybridized carbons (Fsp3) is 0.320. The molecule has 0 bridgehead atoms. The van der Waals surface area contributed by atoms with Crippen molar-refractivity contribution in [3.8, 4) is 5.75 Å². The van der Waals surface area contributed by atoms with E-state index in [2.05, 4.69) is 20.2 Å². The number of carbonyl (C=O) groups excluding carboxylic acids is 1. The maximum Gasteiger partial charge on any atom is 0.195 e. The molecule has 0 saturated carbocycles. The third kappa shape index (κ3) is 5.69. The first-order valence-corrected chi connectivity index (χ1v) is 11.5. The number of ether oxygens (including phenoxy) is 1. The number of likely N-dealkylation sites (tertiary alicyclic amines) is 1. The van der Waals surface area contributed by atoms with Crippen LogP contribution in [-0.4, -0.2) is 47.4 Å². The minimum Gasteiger partial charge on any atom is -0.496 e. The van der Waals surface area contributed by atoms with E-state index >= 15 is 0 Å². The Kier molecular flexibility index (Phi) is 7.70. The van der Waals surface area contributed by atoms with Crippen LogP contribution in [0.15, 0.2) is 48.6 Å². The number of hydrogen-bond donors (Lipinski definition) is 1. The van der Waals surface area contributed by atoms with Gasteiger partial charge in [-0.15, -0.1) is 0 Å². The summed E-state index contributed by atoms with van der Waals surface area (Å²) in [5.74, 6) is -1.03. The topological polar surface area (TPSA) is 67.4 Å². The number of fused-ring (bicyclic) bond motifs is 1. The number of nitrogens with one attached hydrogen (secondary N) is 1. The van der Waals surface area contributed by atoms with Crippen LogP contribution >= 0.6 is 11.6 Å². The number of aromatic nitrogens is 2. The molecule has 1 aliphatic heterocycles. The van der Waals surface area contributed by atoms with Gasteiger partial charge in [0.2, 0.25) is 0 Å². The molecular formula is C25H25ClF2N4O2. The van der Waals surface area contributed by atoms with Crippen LogP contribution in [0.4, 0.5) is 20.3 Å². The number of Topliss-reactive ketones (excluding diaryl/α,β-unsaturated/α-hetero) is 1. The average Bonchev–Trinajstić information content (AvgIpc) is 2.85. The number of ketones is 1. The Labute approximate surface area is 201 Å². The highest BCUT2D eigenvalue weighted by molar-refractivity contribution is 6.31. The zero-order chi connectivity index (χ0) is 24.1. The van der Waals surface area contributed by atoms with E-state index in [-0.39, 0.29) is 11.4 Å². The lowest BCUT2D eigenvalue weighted by Crippen LogP contribution is -2.30. The van der Waals surface area contributed by atoms with E-state index < -0.39 is 17.4 Å². The quantitative estimate of drug-likeness (QED) is 0.416. The number of halogens is 3. The molecule has 2 heterocycles. The summed E-state index contributed by atoms with van der Waals surface area (Å²) < 4.78 is 33.5. The van der Waals surface area contributed by atoms with Gasteiger partial charge in [-0.1, -0.05) is 18.0 Å². The van der Waals surface area contributed by atoms with Gasteiger partial charge in [0, 0.05) is 35.7 Å². The normalized spacial score (nSPS) is 14.9. The molecule has 1 aromatic heterocycles. The van der Waals surface area contributed by atoms with Gasteiger partial charge in [0.05, 0.1) is 17.6 Å². The second-order valence-electron chi connectivity index (χ2n) is 8.17. The van der Waals surface area contributed by atoms with E-state index in [1.54, 1.807) is 12.1 Å². The minimum absolute atomic E-state index is 0.0249. The first-order valence-electron chi connectivity index (χ1n) is 11.1. The number of piperidine rings is 1. The summed E-state index contributed by atoms with van der Waals surface area (Å²) in [4.78, 5) is 23.3. The van der Waals surface area contributed by atoms with Crippen LogP contribution in [0.5, 0.6) is 5.75 Å². The number of nitrogens with zero attached hydrogens (tertiary/aromatic N) is 3. The Balaban J connectivity index is 1.58. The summed E-state index contributed by atoms with van der Waals surface area (Å²) in [7, 11) is 1.48. The third-order valence-corrected chi connectivity index (χ3v) is 6.10. The van der Waals surface area contributed by atoms with Crippen LogP contribution < -0.4 is 10.1 Å². The molecule has 178 valence electrons. The number of methoxy groups -OCH3 is 1. The van der Waals surface area contributed by atoms with Crippen molar-refractivity contribution in [1.29, 1.82) is 0 Å². The molecule has 0 unspecified atom stereocenters. The van der Waals surface area contributed by atoms with Crippen LogP contribution in [-0.2, 0) is 11.2 Å². The maximum atomic E-state index is 14.6. The third-order valence-electron chi connectivity index (χ3n) is 5.81. The molecule has 4 rings (SSSR count). The largest absolute Gasteiger partial charge is 0.496 e. The second kappa shape index (κ2) is 10.9. The lowest BCUT2D eigenvalue weighted by atomic mass is 10.0. The molecule has 1 saturated heterocycles. The van der Waals surface area contributed by atoms with Gasteiger partial charge >= 0.3 is 0 Å². The minimum atomic E-state index is -0.753. The number of anilines is 2. The van der Waals surface area contributed by atoms with Gasteiger partial charge < -0.3 is 10.1 Å². The maximum absolute atomic E-state index is 14.6. The molecule has 9 heteroatoms. The number of rotatable bonds is 8. The summed E-state index contributed by atoms with van der Waals surface area (Å²) >= 11 is 5.88. The van der Waals surface area contributed by atoms with Gasteiger partial charge in [-0.25, -0.2) is 18.7 Å². The smallest absolute Gasteiger partial charge is 0.195 e. The fourth-order valence-corrected chi connectivity index (χ4v) is 4.17. The summed E-state index contributed by atoms with van der Waals surface area (Å²) in [6.07, 6.45) is 5.95. The van der Waals surface area contributed by atoms with Crippen LogP contribution in [0.25, 0.3) is 10.9 Å². The summed E-state index contributed by atoms with van der Waals surface area (Å²) in [6, 6.07) is 7.61. The Morgan fingerprint density at radius 3 is 2.74 bits per heavy atom. The molecule has 3 aromatic rings. The Morgan fingerprint density at radius 1 is 1.21 bits per heavy atom. The van der Waals surface area contributed by atoms with E-state index in [1.165, 1.54) is 44.1 Å². The van der Waals surface area contributed by atoms with Crippen molar-refractivity contribution >= 4 is 39.8 Å². The number of carbonyl (C=O) groups is 1. The van der Waals surface area contributed by atoms with E-state index in [0.717, 1.165) is 25.9 Å². The lowest BCUT2D eigenvalue weighted by molar-refractivity contribution is -0.116. The summed E-state index contributed by atoms with van der Waals surface area (Å²) in [5.41, 5.74) is 1.61. The van der Waals surface area contributed by atoms with Gasteiger partial charge in [-0.2, -0.15) is 0 Å². The monoisotopic (exact) mass is 486 g/mol. The first kappa shape index (κ1) is 24.0. The second-order valence-corrected chi connectivity index (χ2v) is 8.58. The standard InChI is InChI=1S/C25H25ClF2N4O2/c1-34-24-14-22-18(25(30-15-29-22)31-17-5-6-20(27)19(26)13-17)11-16(24)12-23(33)21(28)7-10-32-8-3-2-4-9-32/h5-7,11,13-15H,2-4,8-10,12H2,1H3,(H,29,30,31)/b21-7+. The van der Waals surface area contributed by atoms with Crippen molar-refractivity contribution < 1.29 is 18.3 Å². The molecule has 0 amide bonds. The molecule has 1 aliphatic rings. The first-order chi connectivity index (χ1) is 16.4. The number of allylic oxidation sites excluding steroid dienone is 1. The van der Waals surface area contributed by atoms with Gasteiger partial charge in [0.25, 0.3) is 0 Å². The molecule has 1 fully saturated rings. The van der Waals surface area contributed by atoms with Gasteiger partial charge in [-0.05, 0) is 56.3 Å². The van der Waals surface area contributed by atoms with Crippen LogP contribution in [0.3, 0.4) is 0 Å². The van der Waals surface area contributed by atoms with Crippen LogP contribution in [0.1, 0.15) is 24.8 Å². The van der Waals surface area contributed by atoms with Crippen LogP contribution in [0.2, 0.25) is 5.02 Å². The molecular weight excluding hydrogens is 462 g/mol. The highest BCUT2D eigenvalue weighted by Crippen LogP contribution is 2.31. The zero-order valence-electron chi connectivity index (χ0n) is 18.8. The van der Waals surface area contributed by atoms with Crippen molar-refractivity contribution in [3.63, 3.8) is 0 Å². The Bertz CT molecular complexity index is 1230. The van der Waals surface area contributed by atoms with Gasteiger partial charge in [-0.3, -0.25) is 9.69 Å². The molecule has 6 nitrogen and oxygen atoms in total. The summed E-state index contributed by atoms with van der Waals surface area (Å²) in [5, 5.41) is 3.67. The predicted octanol–water partition coefficient (Wildman–Crippen LogP) is 5.63. The van der Waals surface area contributed by atoms with Crippen molar-refractivity contribution in [2.45, 2.75) is 25.7 Å². The molecule has 2 aromatic carbocycles. The molecule has 0 spiro atoms. The Hall–Kier alpha value is -3.10. The van der Waals surface area contributed by atoms with Crippen LogP contribution in [0, 0.1) is 5.82 Å². The number of benzene rings is 2. The number of hydrogen-bond acceptors (Lipinski definition) is 6. The predicted molar refractivity (Wildman–Crippen MR) is 129 cm³/mol. The molecule has 0 radical (unpaired) electrons. The highest BCUT2D eigenvalue weighted by Gasteiger charge is 2.17. The lowest BCUT2D eigenvalue weighted by Gasteiger charge is -2.24. The molecule has 0 aliphatic carbocycles. The van der Waals surface area contributed by atoms with Gasteiger partial charge in [0.1, 0.15) is 23.7 Å². The van der Waals surface area contributed by atoms with Crippen molar-refractivity contribution in [2.75, 3.05) is 32.1 Å². The van der Waals surface area contributed by atoms with E-state index in [4.69, 9.17) is 16.3 Å². The van der Waals surface area contributed by atoms with Crippen molar-refractivity contribution in [2.24, 2.45) is 0 Å². The SMILES string of the molecule is COc1cc2ncnc(Nc3ccc(F)c(Cl)c3)c2cc1CC(=O)/C(F)=C\CN1CCCCC1. The average molecular weight is 487 g/mol.